The fourth-order valence-corrected chi connectivity index (χ4v) is 6.33. The van der Waals surface area contributed by atoms with Crippen molar-refractivity contribution >= 4 is 5.91 Å². The summed E-state index contributed by atoms with van der Waals surface area (Å²) in [4.78, 5) is 13.2. The molecule has 0 aromatic heterocycles. The van der Waals surface area contributed by atoms with Crippen LogP contribution in [0.15, 0.2) is 24.3 Å². The number of allylic oxidation sites excluding steroid dienone is 3. The van der Waals surface area contributed by atoms with Gasteiger partial charge in [0.15, 0.2) is 0 Å². The fourth-order valence-electron chi connectivity index (χ4n) is 6.33. The van der Waals surface area contributed by atoms with Gasteiger partial charge in [-0.15, -0.1) is 0 Å². The first-order chi connectivity index (χ1) is 24.9. The third-order valence-electron chi connectivity index (χ3n) is 10.5. The Labute approximate surface area is 318 Å². The molecule has 308 valence electrons. The Morgan fingerprint density at radius 2 is 1.10 bits per heavy atom. The van der Waals surface area contributed by atoms with Crippen LogP contribution in [0.3, 0.4) is 0 Å². The van der Waals surface area contributed by atoms with E-state index in [9.17, 15) is 30.3 Å². The largest absolute Gasteiger partial charge is 0.394 e. The Bertz CT molecular complexity index is 885. The smallest absolute Gasteiger partial charge is 0.249 e. The number of hydrogen-bond donors (Lipinski definition) is 7. The second-order valence-electron chi connectivity index (χ2n) is 15.5. The first kappa shape index (κ1) is 50.7. The standard InChI is InChI=1S/C43H83NO8/c1-6-8-10-12-14-16-18-20-21-23-25-27-29-31-35(3)43(5,34-52-36(4)39(48)41(50)40(49)38(47)33-45)44-42(51)37(46)32-30-28-26-24-22-19-17-15-13-11-9-7-2/h21,23,29,31,35-41,45-50H,6-20,22,24-28,30,32-34H2,1-5H3,(H,44,51)/b23-21+,31-29+/t35-,36-,37?,38+,39?,40-,41?,43+/m1/s1. The van der Waals surface area contributed by atoms with Crippen molar-refractivity contribution in [3.63, 3.8) is 0 Å². The average molecular weight is 742 g/mol. The highest BCUT2D eigenvalue weighted by Gasteiger charge is 2.37. The van der Waals surface area contributed by atoms with Crippen LogP contribution in [-0.4, -0.2) is 91.9 Å². The van der Waals surface area contributed by atoms with Crippen molar-refractivity contribution in [2.24, 2.45) is 5.92 Å². The number of aliphatic hydroxyl groups is 6. The maximum atomic E-state index is 13.2. The van der Waals surface area contributed by atoms with Gasteiger partial charge in [-0.05, 0) is 51.9 Å². The molecule has 9 nitrogen and oxygen atoms in total. The molecule has 0 aromatic carbocycles. The van der Waals surface area contributed by atoms with Crippen LogP contribution in [0, 0.1) is 5.92 Å². The van der Waals surface area contributed by atoms with Gasteiger partial charge in [-0.3, -0.25) is 4.79 Å². The van der Waals surface area contributed by atoms with Crippen LogP contribution >= 0.6 is 0 Å². The molecule has 8 atom stereocenters. The van der Waals surface area contributed by atoms with Crippen LogP contribution in [0.2, 0.25) is 0 Å². The third kappa shape index (κ3) is 24.9. The number of amides is 1. The zero-order valence-corrected chi connectivity index (χ0v) is 34.0. The zero-order chi connectivity index (χ0) is 39.0. The topological polar surface area (TPSA) is 160 Å². The van der Waals surface area contributed by atoms with Gasteiger partial charge in [0.05, 0.1) is 24.9 Å². The van der Waals surface area contributed by atoms with Crippen molar-refractivity contribution in [1.82, 2.24) is 5.32 Å². The lowest BCUT2D eigenvalue weighted by atomic mass is 9.86. The van der Waals surface area contributed by atoms with E-state index < -0.39 is 54.7 Å². The summed E-state index contributed by atoms with van der Waals surface area (Å²) in [6, 6.07) is 0. The molecular formula is C43H83NO8. The van der Waals surface area contributed by atoms with Gasteiger partial charge in [0.1, 0.15) is 30.5 Å². The van der Waals surface area contributed by atoms with Gasteiger partial charge in [0.2, 0.25) is 5.91 Å². The second kappa shape index (κ2) is 33.0. The minimum absolute atomic E-state index is 0.0441. The Morgan fingerprint density at radius 3 is 1.62 bits per heavy atom. The van der Waals surface area contributed by atoms with Crippen LogP contribution < -0.4 is 5.32 Å². The maximum absolute atomic E-state index is 13.2. The highest BCUT2D eigenvalue weighted by atomic mass is 16.5. The first-order valence-corrected chi connectivity index (χ1v) is 21.2. The summed E-state index contributed by atoms with van der Waals surface area (Å²) < 4.78 is 5.95. The number of carbonyl (C=O) groups excluding carboxylic acids is 1. The van der Waals surface area contributed by atoms with E-state index in [2.05, 4.69) is 37.4 Å². The zero-order valence-electron chi connectivity index (χ0n) is 34.0. The van der Waals surface area contributed by atoms with Crippen molar-refractivity contribution < 1.29 is 40.2 Å². The van der Waals surface area contributed by atoms with Gasteiger partial charge in [0, 0.05) is 0 Å². The number of unbranched alkanes of at least 4 members (excludes halogenated alkanes) is 19. The predicted molar refractivity (Wildman–Crippen MR) is 214 cm³/mol. The van der Waals surface area contributed by atoms with Gasteiger partial charge in [-0.25, -0.2) is 0 Å². The van der Waals surface area contributed by atoms with E-state index in [4.69, 9.17) is 9.84 Å². The summed E-state index contributed by atoms with van der Waals surface area (Å²) >= 11 is 0. The van der Waals surface area contributed by atoms with Gasteiger partial charge >= 0.3 is 0 Å². The quantitative estimate of drug-likeness (QED) is 0.0253. The number of ether oxygens (including phenoxy) is 1. The van der Waals surface area contributed by atoms with Crippen LogP contribution in [0.1, 0.15) is 182 Å². The molecule has 0 spiro atoms. The van der Waals surface area contributed by atoms with Gasteiger partial charge in [0.25, 0.3) is 0 Å². The van der Waals surface area contributed by atoms with Crippen molar-refractivity contribution in [3.8, 4) is 0 Å². The van der Waals surface area contributed by atoms with E-state index in [-0.39, 0.29) is 12.5 Å². The SMILES string of the molecule is CCCCCCCCC/C=C/CC/C=C/[C@@H](C)[C@](C)(CO[C@H](C)C(O)C(O)[C@H](O)[C@@H](O)CO)NC(=O)C(O)CCCCCCCCCCCCCC. The molecule has 0 saturated heterocycles. The van der Waals surface area contributed by atoms with Gasteiger partial charge in [-0.2, -0.15) is 0 Å². The second-order valence-corrected chi connectivity index (χ2v) is 15.5. The molecule has 9 heteroatoms. The van der Waals surface area contributed by atoms with Crippen LogP contribution in [0.4, 0.5) is 0 Å². The van der Waals surface area contributed by atoms with E-state index in [1.807, 2.05) is 19.9 Å². The minimum atomic E-state index is -1.76. The maximum Gasteiger partial charge on any atom is 0.249 e. The van der Waals surface area contributed by atoms with E-state index >= 15 is 0 Å². The highest BCUT2D eigenvalue weighted by molar-refractivity contribution is 5.81. The monoisotopic (exact) mass is 742 g/mol. The molecule has 0 heterocycles. The summed E-state index contributed by atoms with van der Waals surface area (Å²) in [6.45, 7) is 8.98. The molecule has 0 saturated carbocycles. The molecule has 0 radical (unpaired) electrons. The predicted octanol–water partition coefficient (Wildman–Crippen LogP) is 7.82. The highest BCUT2D eigenvalue weighted by Crippen LogP contribution is 2.23. The van der Waals surface area contributed by atoms with Crippen LogP contribution in [0.5, 0.6) is 0 Å². The van der Waals surface area contributed by atoms with Gasteiger partial charge < -0.3 is 40.7 Å². The summed E-state index contributed by atoms with van der Waals surface area (Å²) in [6.07, 6.45) is 26.6. The Kier molecular flexibility index (Phi) is 32.2. The summed E-state index contributed by atoms with van der Waals surface area (Å²) in [7, 11) is 0. The lowest BCUT2D eigenvalue weighted by molar-refractivity contribution is -0.153. The third-order valence-corrected chi connectivity index (χ3v) is 10.5. The minimum Gasteiger partial charge on any atom is -0.394 e. The molecule has 0 aromatic rings. The summed E-state index contributed by atoms with van der Waals surface area (Å²) in [5.74, 6) is -0.680. The van der Waals surface area contributed by atoms with Gasteiger partial charge in [-0.1, -0.05) is 161 Å². The van der Waals surface area contributed by atoms with Crippen molar-refractivity contribution in [3.05, 3.63) is 24.3 Å². The molecule has 1 amide bonds. The van der Waals surface area contributed by atoms with E-state index in [1.54, 1.807) is 0 Å². The molecule has 0 aliphatic rings. The summed E-state index contributed by atoms with van der Waals surface area (Å²) in [5.41, 5.74) is -0.958. The van der Waals surface area contributed by atoms with Crippen molar-refractivity contribution in [2.75, 3.05) is 13.2 Å². The number of hydrogen-bond acceptors (Lipinski definition) is 8. The Hall–Kier alpha value is -1.33. The van der Waals surface area contributed by atoms with E-state index in [0.29, 0.717) is 6.42 Å². The van der Waals surface area contributed by atoms with Crippen molar-refractivity contribution in [2.45, 2.75) is 224 Å². The molecular weight excluding hydrogens is 658 g/mol. The Morgan fingerprint density at radius 1 is 0.635 bits per heavy atom. The fraction of sp³-hybridized carbons (Fsp3) is 0.884. The molecule has 0 aliphatic heterocycles. The van der Waals surface area contributed by atoms with E-state index in [0.717, 1.165) is 38.5 Å². The van der Waals surface area contributed by atoms with Crippen molar-refractivity contribution in [1.29, 1.82) is 0 Å². The number of aliphatic hydroxyl groups excluding tert-OH is 6. The number of nitrogens with one attached hydrogen (secondary N) is 1. The summed E-state index contributed by atoms with van der Waals surface area (Å²) in [5, 5.41) is 63.6. The van der Waals surface area contributed by atoms with Crippen LogP contribution in [0.25, 0.3) is 0 Å². The molecule has 0 fully saturated rings. The molecule has 0 bridgehead atoms. The Balaban J connectivity index is 5.03. The normalized spacial score (nSPS) is 17.5. The average Bonchev–Trinajstić information content (AvgIpc) is 3.14. The molecule has 52 heavy (non-hydrogen) atoms. The molecule has 0 aliphatic carbocycles. The molecule has 7 N–H and O–H groups in total. The van der Waals surface area contributed by atoms with E-state index in [1.165, 1.54) is 110 Å². The lowest BCUT2D eigenvalue weighted by Gasteiger charge is -2.38. The first-order valence-electron chi connectivity index (χ1n) is 21.2. The number of rotatable bonds is 36. The molecule has 0 rings (SSSR count). The molecule has 3 unspecified atom stereocenters. The van der Waals surface area contributed by atoms with Crippen LogP contribution in [-0.2, 0) is 9.53 Å². The number of carbonyl (C=O) groups is 1. The lowest BCUT2D eigenvalue weighted by Crippen LogP contribution is -2.57.